The van der Waals surface area contributed by atoms with Gasteiger partial charge in [-0.2, -0.15) is 0 Å². The van der Waals surface area contributed by atoms with Crippen LogP contribution >= 0.6 is 31.9 Å². The Morgan fingerprint density at radius 1 is 0.895 bits per heavy atom. The molecular weight excluding hydrogens is 387 g/mol. The van der Waals surface area contributed by atoms with Gasteiger partial charge in [-0.1, -0.05) is 22.0 Å². The average Bonchev–Trinajstić information content (AvgIpc) is 2.34. The van der Waals surface area contributed by atoms with Gasteiger partial charge in [-0.15, -0.1) is 0 Å². The molecule has 0 radical (unpaired) electrons. The Labute approximate surface area is 125 Å². The van der Waals surface area contributed by atoms with Crippen molar-refractivity contribution in [3.05, 3.63) is 62.3 Å². The summed E-state index contributed by atoms with van der Waals surface area (Å²) < 4.78 is 41.0. The van der Waals surface area contributed by atoms with Gasteiger partial charge in [-0.3, -0.25) is 0 Å². The van der Waals surface area contributed by atoms with Crippen LogP contribution in [0.15, 0.2) is 39.3 Å². The second-order valence-electron chi connectivity index (χ2n) is 3.84. The molecule has 2 aromatic rings. The topological polar surface area (TPSA) is 12.0 Å². The van der Waals surface area contributed by atoms with Crippen LogP contribution in [0.1, 0.15) is 5.56 Å². The van der Waals surface area contributed by atoms with Crippen LogP contribution in [0.2, 0.25) is 0 Å². The summed E-state index contributed by atoms with van der Waals surface area (Å²) in [4.78, 5) is 0. The minimum atomic E-state index is -0.606. The highest BCUT2D eigenvalue weighted by Gasteiger charge is 2.09. The van der Waals surface area contributed by atoms with Gasteiger partial charge in [0.05, 0.1) is 10.2 Å². The number of halogens is 5. The van der Waals surface area contributed by atoms with Gasteiger partial charge in [-0.25, -0.2) is 13.2 Å². The van der Waals surface area contributed by atoms with Crippen molar-refractivity contribution in [1.82, 2.24) is 0 Å². The van der Waals surface area contributed by atoms with Crippen molar-refractivity contribution in [2.24, 2.45) is 0 Å². The second kappa shape index (κ2) is 5.96. The zero-order chi connectivity index (χ0) is 14.0. The molecule has 0 fully saturated rings. The lowest BCUT2D eigenvalue weighted by atomic mass is 10.2. The Balaban J connectivity index is 2.16. The van der Waals surface area contributed by atoms with Gasteiger partial charge in [0.25, 0.3) is 0 Å². The number of anilines is 1. The zero-order valence-electron chi connectivity index (χ0n) is 9.48. The maximum atomic E-state index is 13.6. The monoisotopic (exact) mass is 393 g/mol. The van der Waals surface area contributed by atoms with E-state index in [0.29, 0.717) is 10.0 Å². The lowest BCUT2D eigenvalue weighted by molar-refractivity contribution is 0.594. The summed E-state index contributed by atoms with van der Waals surface area (Å²) >= 11 is 6.03. The van der Waals surface area contributed by atoms with Gasteiger partial charge in [-0.05, 0) is 34.1 Å². The van der Waals surface area contributed by atoms with Crippen LogP contribution in [0.3, 0.4) is 0 Å². The van der Waals surface area contributed by atoms with Crippen LogP contribution in [0.5, 0.6) is 0 Å². The molecule has 0 aromatic heterocycles. The molecule has 0 bridgehead atoms. The van der Waals surface area contributed by atoms with Crippen molar-refractivity contribution >= 4 is 37.5 Å². The maximum absolute atomic E-state index is 13.6. The van der Waals surface area contributed by atoms with E-state index < -0.39 is 17.5 Å². The summed E-state index contributed by atoms with van der Waals surface area (Å²) in [5.41, 5.74) is 0.356. The first-order valence-electron chi connectivity index (χ1n) is 5.29. The predicted molar refractivity (Wildman–Crippen MR) is 75.5 cm³/mol. The molecule has 0 aliphatic rings. The lowest BCUT2D eigenvalue weighted by Crippen LogP contribution is -2.04. The number of benzene rings is 2. The van der Waals surface area contributed by atoms with Crippen LogP contribution in [0.25, 0.3) is 0 Å². The molecule has 1 N–H and O–H groups in total. The Kier molecular flexibility index (Phi) is 4.52. The molecule has 0 unspecified atom stereocenters. The molecule has 1 nitrogen and oxygen atoms in total. The van der Waals surface area contributed by atoms with Gasteiger partial charge >= 0.3 is 0 Å². The van der Waals surface area contributed by atoms with Crippen LogP contribution in [0.4, 0.5) is 18.9 Å². The molecule has 2 rings (SSSR count). The highest BCUT2D eigenvalue weighted by atomic mass is 79.9. The highest BCUT2D eigenvalue weighted by molar-refractivity contribution is 9.10. The van der Waals surface area contributed by atoms with Crippen molar-refractivity contribution in [2.75, 3.05) is 5.32 Å². The zero-order valence-corrected chi connectivity index (χ0v) is 12.7. The molecule has 0 aliphatic heterocycles. The highest BCUT2D eigenvalue weighted by Crippen LogP contribution is 2.24. The quantitative estimate of drug-likeness (QED) is 0.702. The summed E-state index contributed by atoms with van der Waals surface area (Å²) in [7, 11) is 0. The molecular formula is C13H8Br2F3N. The van der Waals surface area contributed by atoms with E-state index in [9.17, 15) is 13.2 Å². The van der Waals surface area contributed by atoms with E-state index in [0.717, 1.165) is 12.1 Å². The smallest absolute Gasteiger partial charge is 0.147 e. The molecule has 0 atom stereocenters. The first-order chi connectivity index (χ1) is 8.97. The fourth-order valence-corrected chi connectivity index (χ4v) is 2.16. The fourth-order valence-electron chi connectivity index (χ4n) is 1.51. The number of hydrogen-bond donors (Lipinski definition) is 1. The molecule has 0 amide bonds. The Morgan fingerprint density at radius 2 is 1.63 bits per heavy atom. The molecule has 100 valence electrons. The SMILES string of the molecule is Fc1cc(NCc2ccc(Br)cc2F)c(F)cc1Br. The minimum Gasteiger partial charge on any atom is -0.378 e. The molecule has 0 aliphatic carbocycles. The third-order valence-corrected chi connectivity index (χ3v) is 3.60. The summed E-state index contributed by atoms with van der Waals surface area (Å²) in [5.74, 6) is -1.61. The van der Waals surface area contributed by atoms with E-state index in [-0.39, 0.29) is 16.7 Å². The van der Waals surface area contributed by atoms with E-state index in [1.807, 2.05) is 0 Å². The van der Waals surface area contributed by atoms with E-state index in [1.54, 1.807) is 12.1 Å². The summed E-state index contributed by atoms with van der Waals surface area (Å²) in [5, 5.41) is 2.67. The van der Waals surface area contributed by atoms with E-state index >= 15 is 0 Å². The summed E-state index contributed by atoms with van der Waals surface area (Å²) in [6.45, 7) is 0.0666. The maximum Gasteiger partial charge on any atom is 0.147 e. The first-order valence-corrected chi connectivity index (χ1v) is 6.88. The Bertz CT molecular complexity index is 617. The Hall–Kier alpha value is -1.01. The van der Waals surface area contributed by atoms with Crippen molar-refractivity contribution < 1.29 is 13.2 Å². The first kappa shape index (κ1) is 14.4. The minimum absolute atomic E-state index is 0.0111. The molecule has 0 heterocycles. The van der Waals surface area contributed by atoms with Gasteiger partial charge in [0.2, 0.25) is 0 Å². The van der Waals surface area contributed by atoms with Crippen molar-refractivity contribution in [3.8, 4) is 0 Å². The van der Waals surface area contributed by atoms with E-state index in [1.165, 1.54) is 6.07 Å². The van der Waals surface area contributed by atoms with E-state index in [4.69, 9.17) is 0 Å². The van der Waals surface area contributed by atoms with Crippen molar-refractivity contribution in [2.45, 2.75) is 6.54 Å². The fraction of sp³-hybridized carbons (Fsp3) is 0.0769. The predicted octanol–water partition coefficient (Wildman–Crippen LogP) is 5.24. The molecule has 2 aromatic carbocycles. The third kappa shape index (κ3) is 3.51. The molecule has 19 heavy (non-hydrogen) atoms. The van der Waals surface area contributed by atoms with Gasteiger partial charge in [0.1, 0.15) is 17.5 Å². The van der Waals surface area contributed by atoms with Gasteiger partial charge in [0.15, 0.2) is 0 Å². The van der Waals surface area contributed by atoms with Crippen LogP contribution in [-0.2, 0) is 6.54 Å². The van der Waals surface area contributed by atoms with Crippen molar-refractivity contribution in [3.63, 3.8) is 0 Å². The molecule has 6 heteroatoms. The van der Waals surface area contributed by atoms with Crippen molar-refractivity contribution in [1.29, 1.82) is 0 Å². The van der Waals surface area contributed by atoms with Crippen LogP contribution in [-0.4, -0.2) is 0 Å². The molecule has 0 saturated heterocycles. The standard InChI is InChI=1S/C13H8Br2F3N/c14-8-2-1-7(10(16)3-8)6-19-13-5-11(17)9(15)4-12(13)18/h1-5,19H,6H2. The van der Waals surface area contributed by atoms with Crippen LogP contribution < -0.4 is 5.32 Å². The lowest BCUT2D eigenvalue weighted by Gasteiger charge is -2.09. The summed E-state index contributed by atoms with van der Waals surface area (Å²) in [6, 6.07) is 6.61. The van der Waals surface area contributed by atoms with Crippen LogP contribution in [0, 0.1) is 17.5 Å². The average molecular weight is 395 g/mol. The third-order valence-electron chi connectivity index (χ3n) is 2.49. The van der Waals surface area contributed by atoms with Gasteiger partial charge < -0.3 is 5.32 Å². The molecule has 0 spiro atoms. The summed E-state index contributed by atoms with van der Waals surface area (Å²) in [6.07, 6.45) is 0. The normalized spacial score (nSPS) is 10.6. The van der Waals surface area contributed by atoms with E-state index in [2.05, 4.69) is 37.2 Å². The number of rotatable bonds is 3. The Morgan fingerprint density at radius 3 is 2.32 bits per heavy atom. The molecule has 0 saturated carbocycles. The number of nitrogens with one attached hydrogen (secondary N) is 1. The second-order valence-corrected chi connectivity index (χ2v) is 5.61. The van der Waals surface area contributed by atoms with Gasteiger partial charge in [0, 0.05) is 22.6 Å². The number of hydrogen-bond acceptors (Lipinski definition) is 1. The largest absolute Gasteiger partial charge is 0.378 e.